The molecular formula is C45H72N2O22. The van der Waals surface area contributed by atoms with Gasteiger partial charge in [0.15, 0.2) is 12.2 Å². The van der Waals surface area contributed by atoms with E-state index in [-0.39, 0.29) is 44.3 Å². The minimum atomic E-state index is -1.56. The van der Waals surface area contributed by atoms with Crippen molar-refractivity contribution in [2.24, 2.45) is 0 Å². The number of alkyl carbamates (subject to hydrolysis) is 1. The first-order valence-electron chi connectivity index (χ1n) is 22.6. The number of aliphatic hydroxyl groups is 1. The van der Waals surface area contributed by atoms with Crippen molar-refractivity contribution in [1.29, 1.82) is 0 Å². The third-order valence-electron chi connectivity index (χ3n) is 8.68. The first-order valence-corrected chi connectivity index (χ1v) is 22.6. The maximum Gasteiger partial charge on any atom is 0.407 e. The van der Waals surface area contributed by atoms with Crippen LogP contribution in [0.25, 0.3) is 0 Å². The molecule has 2 rings (SSSR count). The molecule has 69 heavy (non-hydrogen) atoms. The fraction of sp³-hybridized carbons (Fsp3) is 0.733. The number of aliphatic hydroxyl groups excluding tert-OH is 1. The molecule has 0 saturated carbocycles. The number of benzene rings is 1. The number of anilines is 1. The standard InChI is InChI=1S/C45H72N2O22/c1-31(49)63-30-38-40(64-32(2)50)41(65-33(3)51)42(66-34(4)52)43(68-38)67-37-9-8-35(29-48)28-36(37)47-39(53)10-12-55-14-16-57-18-20-59-22-24-61-26-27-62-25-23-60-21-19-58-17-15-56-13-11-46-44(54)69-45(5,6)7/h8-9,28,38,40-43,48H,10-27,29-30H2,1-7H3,(H,46,54)(H,47,53)/t38-,40+,41+,42-,43-/m1/s1. The maximum absolute atomic E-state index is 13.0. The molecule has 1 aliphatic rings. The van der Waals surface area contributed by atoms with Gasteiger partial charge in [-0.1, -0.05) is 6.07 Å². The van der Waals surface area contributed by atoms with Gasteiger partial charge in [0.05, 0.1) is 124 Å². The normalized spacial score (nSPS) is 17.9. The van der Waals surface area contributed by atoms with E-state index < -0.39 is 78.8 Å². The summed E-state index contributed by atoms with van der Waals surface area (Å²) in [6.45, 7) is 15.0. The van der Waals surface area contributed by atoms with E-state index in [1.165, 1.54) is 18.2 Å². The largest absolute Gasteiger partial charge is 0.463 e. The average Bonchev–Trinajstić information content (AvgIpc) is 3.26. The third-order valence-corrected chi connectivity index (χ3v) is 8.68. The van der Waals surface area contributed by atoms with Crippen LogP contribution in [0.4, 0.5) is 10.5 Å². The number of ether oxygens (including phenoxy) is 15. The number of carbonyl (C=O) groups excluding carboxylic acids is 6. The van der Waals surface area contributed by atoms with Crippen molar-refractivity contribution in [3.05, 3.63) is 23.8 Å². The van der Waals surface area contributed by atoms with Crippen LogP contribution < -0.4 is 15.4 Å². The number of hydrogen-bond acceptors (Lipinski definition) is 22. The molecule has 0 aliphatic carbocycles. The molecule has 394 valence electrons. The topological polar surface area (TPSA) is 285 Å². The molecule has 1 heterocycles. The van der Waals surface area contributed by atoms with Crippen LogP contribution in [-0.4, -0.2) is 196 Å². The minimum absolute atomic E-state index is 0.000423. The predicted octanol–water partition coefficient (Wildman–Crippen LogP) is 1.63. The SMILES string of the molecule is CC(=O)OC[C@H]1O[C@@H](Oc2ccc(CO)cc2NC(=O)CCOCCOCCOCCOCCOCCOCCOCCOCCNC(=O)OC(C)(C)C)[C@H](OC(C)=O)[C@@H](OC(C)=O)[C@H]1OC(C)=O. The minimum Gasteiger partial charge on any atom is -0.463 e. The van der Waals surface area contributed by atoms with Crippen molar-refractivity contribution in [2.75, 3.05) is 124 Å². The Morgan fingerprint density at radius 3 is 1.49 bits per heavy atom. The number of carbonyl (C=O) groups is 6. The van der Waals surface area contributed by atoms with Crippen molar-refractivity contribution >= 4 is 41.6 Å². The number of nitrogens with one attached hydrogen (secondary N) is 2. The van der Waals surface area contributed by atoms with Gasteiger partial charge in [-0.05, 0) is 38.5 Å². The number of hydrogen-bond donors (Lipinski definition) is 3. The summed E-state index contributed by atoms with van der Waals surface area (Å²) < 4.78 is 82.5. The lowest BCUT2D eigenvalue weighted by Crippen LogP contribution is -2.63. The van der Waals surface area contributed by atoms with Gasteiger partial charge in [0.1, 0.15) is 24.1 Å². The molecule has 1 aromatic rings. The maximum atomic E-state index is 13.0. The Kier molecular flexibility index (Phi) is 30.9. The summed E-state index contributed by atoms with van der Waals surface area (Å²) in [5, 5.41) is 15.1. The second kappa shape index (κ2) is 35.4. The summed E-state index contributed by atoms with van der Waals surface area (Å²) >= 11 is 0. The summed E-state index contributed by atoms with van der Waals surface area (Å²) in [5.74, 6) is -3.59. The predicted molar refractivity (Wildman–Crippen MR) is 239 cm³/mol. The smallest absolute Gasteiger partial charge is 0.407 e. The first kappa shape index (κ1) is 60.4. The zero-order chi connectivity index (χ0) is 50.9. The quantitative estimate of drug-likeness (QED) is 0.0489. The Hall–Kier alpha value is -4.76. The highest BCUT2D eigenvalue weighted by atomic mass is 16.7. The van der Waals surface area contributed by atoms with Crippen LogP contribution in [0.5, 0.6) is 5.75 Å². The molecule has 1 saturated heterocycles. The molecule has 0 aromatic heterocycles. The lowest BCUT2D eigenvalue weighted by atomic mass is 9.98. The van der Waals surface area contributed by atoms with E-state index in [0.29, 0.717) is 98.0 Å². The monoisotopic (exact) mass is 992 g/mol. The second-order valence-corrected chi connectivity index (χ2v) is 15.8. The van der Waals surface area contributed by atoms with Crippen molar-refractivity contribution < 1.29 is 105 Å². The fourth-order valence-corrected chi connectivity index (χ4v) is 5.84. The third kappa shape index (κ3) is 29.1. The molecule has 2 amide bonds. The number of amides is 2. The molecule has 1 fully saturated rings. The Morgan fingerprint density at radius 1 is 0.594 bits per heavy atom. The van der Waals surface area contributed by atoms with Crippen molar-refractivity contribution in [3.63, 3.8) is 0 Å². The molecule has 3 N–H and O–H groups in total. The lowest BCUT2D eigenvalue weighted by Gasteiger charge is -2.44. The zero-order valence-electron chi connectivity index (χ0n) is 40.8. The first-order chi connectivity index (χ1) is 33.0. The van der Waals surface area contributed by atoms with Gasteiger partial charge in [-0.2, -0.15) is 0 Å². The molecule has 0 radical (unpaired) electrons. The van der Waals surface area contributed by atoms with Gasteiger partial charge in [-0.3, -0.25) is 24.0 Å². The fourth-order valence-electron chi connectivity index (χ4n) is 5.84. The highest BCUT2D eigenvalue weighted by molar-refractivity contribution is 5.92. The van der Waals surface area contributed by atoms with Crippen LogP contribution in [0.3, 0.4) is 0 Å². The van der Waals surface area contributed by atoms with E-state index in [9.17, 15) is 33.9 Å². The van der Waals surface area contributed by atoms with E-state index in [4.69, 9.17) is 71.1 Å². The summed E-state index contributed by atoms with van der Waals surface area (Å²) in [5.41, 5.74) is -0.0261. The summed E-state index contributed by atoms with van der Waals surface area (Å²) in [6, 6.07) is 4.39. The van der Waals surface area contributed by atoms with Gasteiger partial charge in [-0.25, -0.2) is 4.79 Å². The number of rotatable bonds is 36. The van der Waals surface area contributed by atoms with Crippen molar-refractivity contribution in [2.45, 2.75) is 97.8 Å². The van der Waals surface area contributed by atoms with Crippen LogP contribution in [0.15, 0.2) is 18.2 Å². The van der Waals surface area contributed by atoms with E-state index in [1.54, 1.807) is 20.8 Å². The van der Waals surface area contributed by atoms with Crippen LogP contribution in [0, 0.1) is 0 Å². The van der Waals surface area contributed by atoms with Gasteiger partial charge in [0, 0.05) is 34.2 Å². The molecule has 5 atom stereocenters. The zero-order valence-corrected chi connectivity index (χ0v) is 40.8. The van der Waals surface area contributed by atoms with Gasteiger partial charge in [-0.15, -0.1) is 0 Å². The summed E-state index contributed by atoms with van der Waals surface area (Å²) in [4.78, 5) is 72.7. The molecule has 24 heteroatoms. The Bertz CT molecular complexity index is 1660. The van der Waals surface area contributed by atoms with Crippen molar-refractivity contribution in [1.82, 2.24) is 5.32 Å². The highest BCUT2D eigenvalue weighted by Gasteiger charge is 2.53. The van der Waals surface area contributed by atoms with E-state index in [1.807, 2.05) is 0 Å². The van der Waals surface area contributed by atoms with Crippen LogP contribution in [0.1, 0.15) is 60.5 Å². The average molecular weight is 993 g/mol. The molecule has 0 spiro atoms. The number of esters is 4. The van der Waals surface area contributed by atoms with Gasteiger partial charge >= 0.3 is 30.0 Å². The van der Waals surface area contributed by atoms with Crippen LogP contribution >= 0.6 is 0 Å². The molecule has 1 aromatic carbocycles. The van der Waals surface area contributed by atoms with Gasteiger partial charge < -0.3 is 86.8 Å². The van der Waals surface area contributed by atoms with Gasteiger partial charge in [0.2, 0.25) is 18.3 Å². The molecule has 1 aliphatic heterocycles. The van der Waals surface area contributed by atoms with Crippen molar-refractivity contribution in [3.8, 4) is 5.75 Å². The molecule has 0 unspecified atom stereocenters. The summed E-state index contributed by atoms with van der Waals surface area (Å²) in [7, 11) is 0. The van der Waals surface area contributed by atoms with E-state index in [0.717, 1.165) is 27.7 Å². The van der Waals surface area contributed by atoms with Crippen LogP contribution in [-0.2, 0) is 96.9 Å². The van der Waals surface area contributed by atoms with Gasteiger partial charge in [0.25, 0.3) is 0 Å². The Balaban J connectivity index is 1.60. The summed E-state index contributed by atoms with van der Waals surface area (Å²) in [6.07, 6.45) is -7.74. The second-order valence-electron chi connectivity index (χ2n) is 15.8. The molecular weight excluding hydrogens is 920 g/mol. The van der Waals surface area contributed by atoms with E-state index in [2.05, 4.69) is 10.6 Å². The van der Waals surface area contributed by atoms with E-state index >= 15 is 0 Å². The van der Waals surface area contributed by atoms with Crippen LogP contribution in [0.2, 0.25) is 0 Å². The molecule has 0 bridgehead atoms. The molecule has 24 nitrogen and oxygen atoms in total. The lowest BCUT2D eigenvalue weighted by molar-refractivity contribution is -0.288. The highest BCUT2D eigenvalue weighted by Crippen LogP contribution is 2.34. The Morgan fingerprint density at radius 2 is 1.04 bits per heavy atom. The Labute approximate surface area is 402 Å².